The van der Waals surface area contributed by atoms with Crippen LogP contribution in [0.5, 0.6) is 0 Å². The number of hydrogen-bond acceptors (Lipinski definition) is 4. The Balaban J connectivity index is 1.39. The van der Waals surface area contributed by atoms with E-state index in [0.29, 0.717) is 30.1 Å². The van der Waals surface area contributed by atoms with Crippen LogP contribution in [0, 0.1) is 5.92 Å². The van der Waals surface area contributed by atoms with Gasteiger partial charge >= 0.3 is 0 Å². The number of carbonyl (C=O) groups excluding carboxylic acids is 2. The summed E-state index contributed by atoms with van der Waals surface area (Å²) < 4.78 is 0. The average Bonchev–Trinajstić information content (AvgIpc) is 2.95. The highest BCUT2D eigenvalue weighted by molar-refractivity contribution is 6.05. The van der Waals surface area contributed by atoms with E-state index in [-0.39, 0.29) is 23.9 Å². The predicted octanol–water partition coefficient (Wildman–Crippen LogP) is 4.84. The third-order valence-corrected chi connectivity index (χ3v) is 7.65. The maximum absolute atomic E-state index is 14.1. The molecular formula is C31H34N4O2. The number of allylic oxidation sites excluding steroid dienone is 4. The number of rotatable bonds is 6. The van der Waals surface area contributed by atoms with Crippen molar-refractivity contribution >= 4 is 28.3 Å². The van der Waals surface area contributed by atoms with E-state index in [2.05, 4.69) is 46.8 Å². The van der Waals surface area contributed by atoms with Gasteiger partial charge in [-0.2, -0.15) is 0 Å². The fourth-order valence-corrected chi connectivity index (χ4v) is 5.49. The molecule has 2 heterocycles. The van der Waals surface area contributed by atoms with E-state index in [1.165, 1.54) is 5.57 Å². The summed E-state index contributed by atoms with van der Waals surface area (Å²) in [4.78, 5) is 33.6. The van der Waals surface area contributed by atoms with Crippen molar-refractivity contribution in [2.75, 3.05) is 20.1 Å². The highest BCUT2D eigenvalue weighted by Gasteiger charge is 2.33. The first kappa shape index (κ1) is 24.9. The number of pyridine rings is 1. The third kappa shape index (κ3) is 5.20. The number of nitrogens with zero attached hydrogens (tertiary/aromatic N) is 2. The zero-order chi connectivity index (χ0) is 25.8. The van der Waals surface area contributed by atoms with Gasteiger partial charge in [-0.25, -0.2) is 0 Å². The van der Waals surface area contributed by atoms with Gasteiger partial charge in [-0.15, -0.1) is 0 Å². The van der Waals surface area contributed by atoms with Gasteiger partial charge in [0.1, 0.15) is 0 Å². The Labute approximate surface area is 218 Å². The largest absolute Gasteiger partial charge is 0.350 e. The van der Waals surface area contributed by atoms with Crippen molar-refractivity contribution < 1.29 is 9.59 Å². The van der Waals surface area contributed by atoms with Crippen LogP contribution in [0.3, 0.4) is 0 Å². The monoisotopic (exact) mass is 494 g/mol. The maximum Gasteiger partial charge on any atom is 0.254 e. The topological polar surface area (TPSA) is 74.3 Å². The lowest BCUT2D eigenvalue weighted by Crippen LogP contribution is -2.55. The molecule has 1 saturated heterocycles. The second-order valence-electron chi connectivity index (χ2n) is 10.00. The molecule has 2 amide bonds. The van der Waals surface area contributed by atoms with Crippen LogP contribution in [0.4, 0.5) is 0 Å². The molecule has 2 aliphatic rings. The molecule has 3 aromatic rings. The van der Waals surface area contributed by atoms with Crippen LogP contribution >= 0.6 is 0 Å². The molecule has 1 fully saturated rings. The van der Waals surface area contributed by atoms with E-state index >= 15 is 0 Å². The first-order valence-corrected chi connectivity index (χ1v) is 13.1. The number of hydrogen-bond donors (Lipinski definition) is 2. The minimum absolute atomic E-state index is 0.0179. The first-order chi connectivity index (χ1) is 18.1. The van der Waals surface area contributed by atoms with Crippen LogP contribution in [0.15, 0.2) is 79.0 Å². The van der Waals surface area contributed by atoms with Crippen molar-refractivity contribution in [2.24, 2.45) is 5.92 Å². The lowest BCUT2D eigenvalue weighted by Gasteiger charge is -2.40. The number of piperidine rings is 1. The molecule has 190 valence electrons. The lowest BCUT2D eigenvalue weighted by atomic mass is 9.85. The second kappa shape index (κ2) is 11.1. The van der Waals surface area contributed by atoms with Crippen LogP contribution in [-0.2, 0) is 0 Å². The van der Waals surface area contributed by atoms with Crippen LogP contribution in [0.25, 0.3) is 16.5 Å². The molecular weight excluding hydrogens is 460 g/mol. The molecule has 1 aromatic heterocycles. The van der Waals surface area contributed by atoms with Gasteiger partial charge < -0.3 is 15.5 Å². The normalized spacial score (nSPS) is 21.5. The third-order valence-electron chi connectivity index (χ3n) is 7.65. The molecule has 5 rings (SSSR count). The van der Waals surface area contributed by atoms with Gasteiger partial charge in [0, 0.05) is 42.3 Å². The number of carbonyl (C=O) groups is 2. The summed E-state index contributed by atoms with van der Waals surface area (Å²) in [6.45, 7) is 3.21. The highest BCUT2D eigenvalue weighted by Crippen LogP contribution is 2.32. The fraction of sp³-hybridized carbons (Fsp3) is 0.323. The quantitative estimate of drug-likeness (QED) is 0.514. The van der Waals surface area contributed by atoms with Gasteiger partial charge in [0.2, 0.25) is 0 Å². The minimum atomic E-state index is -0.166. The Morgan fingerprint density at radius 1 is 1.03 bits per heavy atom. The van der Waals surface area contributed by atoms with Gasteiger partial charge in [0.25, 0.3) is 11.8 Å². The minimum Gasteiger partial charge on any atom is -0.350 e. The van der Waals surface area contributed by atoms with Gasteiger partial charge in [-0.1, -0.05) is 61.5 Å². The van der Waals surface area contributed by atoms with E-state index in [1.54, 1.807) is 12.3 Å². The number of nitrogens with one attached hydrogen (secondary N) is 2. The molecule has 6 heteroatoms. The number of fused-ring (bicyclic) bond motifs is 1. The number of amides is 2. The van der Waals surface area contributed by atoms with Crippen molar-refractivity contribution in [2.45, 2.75) is 38.3 Å². The molecule has 37 heavy (non-hydrogen) atoms. The molecule has 1 aliphatic carbocycles. The van der Waals surface area contributed by atoms with Crippen LogP contribution in [0.1, 0.15) is 52.5 Å². The van der Waals surface area contributed by atoms with Crippen LogP contribution in [-0.4, -0.2) is 53.9 Å². The number of para-hydroxylation sites is 1. The van der Waals surface area contributed by atoms with E-state index < -0.39 is 0 Å². The molecule has 2 N–H and O–H groups in total. The van der Waals surface area contributed by atoms with Gasteiger partial charge in [-0.3, -0.25) is 14.6 Å². The zero-order valence-electron chi connectivity index (χ0n) is 21.5. The molecule has 3 unspecified atom stereocenters. The molecule has 0 bridgehead atoms. The Bertz CT molecular complexity index is 1360. The van der Waals surface area contributed by atoms with Crippen molar-refractivity contribution in [1.29, 1.82) is 0 Å². The van der Waals surface area contributed by atoms with E-state index in [9.17, 15) is 9.59 Å². The van der Waals surface area contributed by atoms with E-state index in [0.717, 1.165) is 35.8 Å². The van der Waals surface area contributed by atoms with E-state index in [4.69, 9.17) is 0 Å². The van der Waals surface area contributed by atoms with E-state index in [1.807, 2.05) is 54.4 Å². The van der Waals surface area contributed by atoms with Gasteiger partial charge in [0.05, 0.1) is 11.1 Å². The summed E-state index contributed by atoms with van der Waals surface area (Å²) in [5.74, 6) is 0.208. The number of aromatic nitrogens is 1. The number of benzene rings is 2. The molecule has 0 radical (unpaired) electrons. The smallest absolute Gasteiger partial charge is 0.254 e. The Kier molecular flexibility index (Phi) is 7.47. The molecule has 1 aliphatic heterocycles. The van der Waals surface area contributed by atoms with Crippen molar-refractivity contribution in [3.8, 4) is 0 Å². The summed E-state index contributed by atoms with van der Waals surface area (Å²) in [7, 11) is 1.94. The molecule has 2 aromatic carbocycles. The predicted molar refractivity (Wildman–Crippen MR) is 148 cm³/mol. The van der Waals surface area contributed by atoms with Gasteiger partial charge in [0.15, 0.2) is 0 Å². The zero-order valence-corrected chi connectivity index (χ0v) is 21.5. The first-order valence-electron chi connectivity index (χ1n) is 13.1. The van der Waals surface area contributed by atoms with Crippen LogP contribution < -0.4 is 10.6 Å². The molecule has 0 saturated carbocycles. The SMILES string of the molecule is CNC1CCC(CNC(=O)c2cccc3cccnc23)N(C(=O)c2ccccc2C2=CC=CCC2C)C1. The van der Waals surface area contributed by atoms with Crippen molar-refractivity contribution in [3.63, 3.8) is 0 Å². The standard InChI is InChI=1S/C31H34N4O2/c1-21-9-3-4-12-25(21)26-13-5-6-14-27(26)31(37)35-20-23(32-2)16-17-24(35)19-34-30(36)28-15-7-10-22-11-8-18-33-29(22)28/h3-8,10-15,18,21,23-24,32H,9,16-17,19-20H2,1-2H3,(H,34,36). The molecule has 3 atom stereocenters. The average molecular weight is 495 g/mol. The maximum atomic E-state index is 14.1. The molecule has 6 nitrogen and oxygen atoms in total. The summed E-state index contributed by atoms with van der Waals surface area (Å²) in [6.07, 6.45) is 10.8. The van der Waals surface area contributed by atoms with Crippen molar-refractivity contribution in [1.82, 2.24) is 20.5 Å². The lowest BCUT2D eigenvalue weighted by molar-refractivity contribution is 0.0561. The summed E-state index contributed by atoms with van der Waals surface area (Å²) >= 11 is 0. The summed E-state index contributed by atoms with van der Waals surface area (Å²) in [5.41, 5.74) is 4.16. The van der Waals surface area contributed by atoms with Gasteiger partial charge in [-0.05, 0) is 61.6 Å². The fourth-order valence-electron chi connectivity index (χ4n) is 5.49. The Hall–Kier alpha value is -3.77. The highest BCUT2D eigenvalue weighted by atomic mass is 16.2. The summed E-state index contributed by atoms with van der Waals surface area (Å²) in [5, 5.41) is 7.38. The van der Waals surface area contributed by atoms with Crippen molar-refractivity contribution in [3.05, 3.63) is 95.7 Å². The Morgan fingerprint density at radius 2 is 1.84 bits per heavy atom. The number of likely N-dealkylation sites (tertiary alicyclic amines) is 1. The summed E-state index contributed by atoms with van der Waals surface area (Å²) in [6, 6.07) is 17.5. The molecule has 0 spiro atoms. The Morgan fingerprint density at radius 3 is 2.68 bits per heavy atom. The second-order valence-corrected chi connectivity index (χ2v) is 10.00. The van der Waals surface area contributed by atoms with Crippen LogP contribution in [0.2, 0.25) is 0 Å². The number of likely N-dealkylation sites (N-methyl/N-ethyl adjacent to an activating group) is 1.